The summed E-state index contributed by atoms with van der Waals surface area (Å²) in [4.78, 5) is 37.7. The summed E-state index contributed by atoms with van der Waals surface area (Å²) in [6.45, 7) is -0.987. The van der Waals surface area contributed by atoms with Crippen LogP contribution >= 0.6 is 0 Å². The Morgan fingerprint density at radius 1 is 0.966 bits per heavy atom. The van der Waals surface area contributed by atoms with Gasteiger partial charge in [0.25, 0.3) is 0 Å². The number of anilines is 1. The van der Waals surface area contributed by atoms with Crippen LogP contribution < -0.4 is 9.64 Å². The van der Waals surface area contributed by atoms with E-state index < -0.39 is 31.0 Å². The number of nitrogens with zero attached hydrogens (tertiary/aromatic N) is 1. The molecule has 3 aromatic rings. The number of aromatic amines is 1. The van der Waals surface area contributed by atoms with E-state index >= 15 is 0 Å². The summed E-state index contributed by atoms with van der Waals surface area (Å²) in [5.41, 5.74) is 2.57. The summed E-state index contributed by atoms with van der Waals surface area (Å²) < 4.78 is 5.36. The summed E-state index contributed by atoms with van der Waals surface area (Å²) >= 11 is 0. The van der Waals surface area contributed by atoms with E-state index in [-0.39, 0.29) is 5.56 Å². The second-order valence-corrected chi connectivity index (χ2v) is 6.32. The highest BCUT2D eigenvalue weighted by Crippen LogP contribution is 2.34. The smallest absolute Gasteiger partial charge is 0.335 e. The van der Waals surface area contributed by atoms with Gasteiger partial charge in [0, 0.05) is 22.2 Å². The fourth-order valence-electron chi connectivity index (χ4n) is 3.07. The van der Waals surface area contributed by atoms with Crippen LogP contribution in [0, 0.1) is 0 Å². The van der Waals surface area contributed by atoms with Crippen molar-refractivity contribution in [1.29, 1.82) is 0 Å². The number of carbonyl (C=O) groups is 3. The fraction of sp³-hybridized carbons (Fsp3) is 0.150. The van der Waals surface area contributed by atoms with E-state index in [0.717, 1.165) is 5.39 Å². The molecule has 1 aromatic heterocycles. The average Bonchev–Trinajstić information content (AvgIpc) is 3.09. The number of benzene rings is 2. The second kappa shape index (κ2) is 7.93. The van der Waals surface area contributed by atoms with Gasteiger partial charge in [0.15, 0.2) is 0 Å². The van der Waals surface area contributed by atoms with E-state index in [1.807, 2.05) is 6.07 Å². The molecule has 0 aliphatic heterocycles. The van der Waals surface area contributed by atoms with Gasteiger partial charge in [-0.25, -0.2) is 4.79 Å². The molecule has 1 heterocycles. The molecular weight excluding hydrogens is 380 g/mol. The number of nitrogens with one attached hydrogen (secondary N) is 1. The highest BCUT2D eigenvalue weighted by molar-refractivity contribution is 5.95. The van der Waals surface area contributed by atoms with E-state index in [4.69, 9.17) is 20.1 Å². The van der Waals surface area contributed by atoms with Crippen LogP contribution in [0.5, 0.6) is 5.75 Å². The average molecular weight is 398 g/mol. The molecule has 0 saturated carbocycles. The molecule has 0 bridgehead atoms. The molecule has 0 aliphatic rings. The van der Waals surface area contributed by atoms with Crippen LogP contribution in [0.3, 0.4) is 0 Å². The van der Waals surface area contributed by atoms with Gasteiger partial charge in [0.05, 0.1) is 18.4 Å². The molecule has 0 spiro atoms. The monoisotopic (exact) mass is 398 g/mol. The Balaban J connectivity index is 2.01. The highest BCUT2D eigenvalue weighted by atomic mass is 16.5. The Kier molecular flexibility index (Phi) is 5.40. The number of methoxy groups -OCH3 is 1. The standard InChI is InChI=1S/C20H18N2O7/c1-29-17-8-12(4-5-16(17)22(9-18(23)24)10-19(25)26)14-6-11-2-3-13(20(27)28)7-15(11)21-14/h2-8,21H,9-10H2,1H3,(H,23,24)(H,25,26)(H,27,28). The predicted molar refractivity (Wildman–Crippen MR) is 105 cm³/mol. The van der Waals surface area contributed by atoms with Gasteiger partial charge >= 0.3 is 17.9 Å². The summed E-state index contributed by atoms with van der Waals surface area (Å²) in [5.74, 6) is -3.04. The van der Waals surface area contributed by atoms with E-state index in [9.17, 15) is 14.4 Å². The molecule has 0 aliphatic carbocycles. The molecule has 9 heteroatoms. The minimum atomic E-state index is -1.16. The summed E-state index contributed by atoms with van der Waals surface area (Å²) in [7, 11) is 1.41. The molecule has 9 nitrogen and oxygen atoms in total. The molecule has 3 rings (SSSR count). The largest absolute Gasteiger partial charge is 0.495 e. The van der Waals surface area contributed by atoms with Gasteiger partial charge in [-0.15, -0.1) is 0 Å². The zero-order valence-corrected chi connectivity index (χ0v) is 15.4. The summed E-state index contributed by atoms with van der Waals surface area (Å²) in [6.07, 6.45) is 0. The third-order valence-electron chi connectivity index (χ3n) is 4.35. The van der Waals surface area contributed by atoms with Crippen LogP contribution in [0.15, 0.2) is 42.5 Å². The number of hydrogen-bond acceptors (Lipinski definition) is 5. The van der Waals surface area contributed by atoms with Gasteiger partial charge in [0.1, 0.15) is 18.8 Å². The number of carboxylic acid groups (broad SMARTS) is 3. The summed E-state index contributed by atoms with van der Waals surface area (Å²) in [6, 6.07) is 11.6. The van der Waals surface area contributed by atoms with E-state index in [2.05, 4.69) is 4.98 Å². The van der Waals surface area contributed by atoms with E-state index in [0.29, 0.717) is 28.2 Å². The molecule has 0 fully saturated rings. The van der Waals surface area contributed by atoms with Crippen molar-refractivity contribution in [2.75, 3.05) is 25.1 Å². The maximum atomic E-state index is 11.1. The van der Waals surface area contributed by atoms with Crippen LogP contribution in [-0.4, -0.2) is 58.4 Å². The van der Waals surface area contributed by atoms with Crippen molar-refractivity contribution in [2.24, 2.45) is 0 Å². The van der Waals surface area contributed by atoms with Gasteiger partial charge in [-0.05, 0) is 30.3 Å². The lowest BCUT2D eigenvalue weighted by atomic mass is 10.1. The van der Waals surface area contributed by atoms with Gasteiger partial charge in [0.2, 0.25) is 0 Å². The highest BCUT2D eigenvalue weighted by Gasteiger charge is 2.19. The fourth-order valence-corrected chi connectivity index (χ4v) is 3.07. The number of aliphatic carboxylic acids is 2. The first kappa shape index (κ1) is 19.7. The van der Waals surface area contributed by atoms with Gasteiger partial charge in [-0.1, -0.05) is 12.1 Å². The van der Waals surface area contributed by atoms with Crippen LogP contribution in [0.1, 0.15) is 10.4 Å². The van der Waals surface area contributed by atoms with Gasteiger partial charge in [-0.3, -0.25) is 9.59 Å². The molecule has 2 aromatic carbocycles. The SMILES string of the molecule is COc1cc(-c2cc3ccc(C(=O)O)cc3[nH]2)ccc1N(CC(=O)O)CC(=O)O. The Morgan fingerprint density at radius 2 is 1.66 bits per heavy atom. The van der Waals surface area contributed by atoms with Crippen molar-refractivity contribution in [3.05, 3.63) is 48.0 Å². The van der Waals surface area contributed by atoms with Gasteiger partial charge in [-0.2, -0.15) is 0 Å². The number of H-pyrrole nitrogens is 1. The number of carboxylic acids is 3. The second-order valence-electron chi connectivity index (χ2n) is 6.32. The molecule has 0 saturated heterocycles. The van der Waals surface area contributed by atoms with Crippen molar-refractivity contribution < 1.29 is 34.4 Å². The van der Waals surface area contributed by atoms with Crippen molar-refractivity contribution in [2.45, 2.75) is 0 Å². The number of rotatable bonds is 8. The molecule has 0 unspecified atom stereocenters. The van der Waals surface area contributed by atoms with E-state index in [1.54, 1.807) is 24.3 Å². The van der Waals surface area contributed by atoms with Crippen LogP contribution in [-0.2, 0) is 9.59 Å². The number of fused-ring (bicyclic) bond motifs is 1. The van der Waals surface area contributed by atoms with Crippen LogP contribution in [0.4, 0.5) is 5.69 Å². The predicted octanol–water partition coefficient (Wildman–Crippen LogP) is 2.52. The molecule has 29 heavy (non-hydrogen) atoms. The van der Waals surface area contributed by atoms with Crippen molar-refractivity contribution in [1.82, 2.24) is 4.98 Å². The van der Waals surface area contributed by atoms with Crippen molar-refractivity contribution >= 4 is 34.5 Å². The minimum absolute atomic E-state index is 0.164. The third-order valence-corrected chi connectivity index (χ3v) is 4.35. The Morgan fingerprint density at radius 3 is 2.24 bits per heavy atom. The lowest BCUT2D eigenvalue weighted by Crippen LogP contribution is -2.34. The number of aromatic carboxylic acids is 1. The Bertz CT molecular complexity index is 1090. The van der Waals surface area contributed by atoms with Gasteiger partial charge < -0.3 is 29.9 Å². The topological polar surface area (TPSA) is 140 Å². The maximum absolute atomic E-state index is 11.1. The number of hydrogen-bond donors (Lipinski definition) is 4. The number of ether oxygens (including phenoxy) is 1. The van der Waals surface area contributed by atoms with Crippen molar-refractivity contribution in [3.8, 4) is 17.0 Å². The number of aromatic nitrogens is 1. The molecular formula is C20H18N2O7. The van der Waals surface area contributed by atoms with Crippen LogP contribution in [0.25, 0.3) is 22.2 Å². The lowest BCUT2D eigenvalue weighted by molar-refractivity contribution is -0.136. The first-order valence-electron chi connectivity index (χ1n) is 8.51. The molecule has 0 radical (unpaired) electrons. The molecule has 0 atom stereocenters. The molecule has 0 amide bonds. The quantitative estimate of drug-likeness (QED) is 0.454. The first-order valence-corrected chi connectivity index (χ1v) is 8.51. The van der Waals surface area contributed by atoms with Crippen LogP contribution in [0.2, 0.25) is 0 Å². The zero-order valence-electron chi connectivity index (χ0n) is 15.4. The molecule has 4 N–H and O–H groups in total. The zero-order chi connectivity index (χ0) is 21.1. The first-order chi connectivity index (χ1) is 13.8. The maximum Gasteiger partial charge on any atom is 0.335 e. The molecule has 150 valence electrons. The normalized spacial score (nSPS) is 10.7. The summed E-state index contributed by atoms with van der Waals surface area (Å²) in [5, 5.41) is 28.1. The Labute approximate surface area is 164 Å². The minimum Gasteiger partial charge on any atom is -0.495 e. The van der Waals surface area contributed by atoms with E-state index in [1.165, 1.54) is 24.1 Å². The van der Waals surface area contributed by atoms with Crippen molar-refractivity contribution in [3.63, 3.8) is 0 Å². The lowest BCUT2D eigenvalue weighted by Gasteiger charge is -2.23. The third kappa shape index (κ3) is 4.29. The Hall–Kier alpha value is -4.01.